The van der Waals surface area contributed by atoms with Gasteiger partial charge in [0.2, 0.25) is 0 Å². The zero-order chi connectivity index (χ0) is 20.3. The lowest BCUT2D eigenvalue weighted by Gasteiger charge is -2.25. The molecule has 0 aliphatic heterocycles. The predicted octanol–water partition coefficient (Wildman–Crippen LogP) is 6.51. The molecule has 0 spiro atoms. The van der Waals surface area contributed by atoms with Gasteiger partial charge >= 0.3 is 5.97 Å². The van der Waals surface area contributed by atoms with Gasteiger partial charge in [-0.25, -0.2) is 0 Å². The highest BCUT2D eigenvalue weighted by molar-refractivity contribution is 5.68. The quantitative estimate of drug-likeness (QED) is 0.144. The fraction of sp³-hybridized carbons (Fsp3) is 0.957. The number of hydrogen-bond acceptors (Lipinski definition) is 4. The lowest BCUT2D eigenvalue weighted by Crippen LogP contribution is -2.24. The van der Waals surface area contributed by atoms with E-state index in [0.717, 1.165) is 32.5 Å². The normalized spacial score (nSPS) is 11.7. The van der Waals surface area contributed by atoms with Gasteiger partial charge in [0.05, 0.1) is 20.3 Å². The van der Waals surface area contributed by atoms with Crippen molar-refractivity contribution in [3.05, 3.63) is 0 Å². The summed E-state index contributed by atoms with van der Waals surface area (Å²) in [4.78, 5) is 11.3. The Morgan fingerprint density at radius 1 is 0.704 bits per heavy atom. The number of ether oxygens (including phenoxy) is 3. The maximum atomic E-state index is 11.3. The SMILES string of the molecule is CCCC(CCC)COC(CCCCC(=O)OC)OCC(CCC)CCC. The van der Waals surface area contributed by atoms with E-state index in [1.165, 1.54) is 58.5 Å². The van der Waals surface area contributed by atoms with E-state index in [2.05, 4.69) is 27.7 Å². The molecular formula is C23H46O4. The molecule has 0 aromatic rings. The van der Waals surface area contributed by atoms with E-state index in [0.29, 0.717) is 18.3 Å². The second-order valence-electron chi connectivity index (χ2n) is 7.80. The summed E-state index contributed by atoms with van der Waals surface area (Å²) < 4.78 is 17.1. The van der Waals surface area contributed by atoms with Crippen LogP contribution in [-0.4, -0.2) is 32.6 Å². The molecule has 0 aromatic carbocycles. The third kappa shape index (κ3) is 15.0. The van der Waals surface area contributed by atoms with Gasteiger partial charge in [-0.3, -0.25) is 4.79 Å². The summed E-state index contributed by atoms with van der Waals surface area (Å²) in [6, 6.07) is 0. The molecule has 0 saturated carbocycles. The van der Waals surface area contributed by atoms with Crippen molar-refractivity contribution in [1.29, 1.82) is 0 Å². The van der Waals surface area contributed by atoms with E-state index < -0.39 is 0 Å². The van der Waals surface area contributed by atoms with Crippen molar-refractivity contribution in [1.82, 2.24) is 0 Å². The van der Waals surface area contributed by atoms with Gasteiger partial charge < -0.3 is 14.2 Å². The molecule has 27 heavy (non-hydrogen) atoms. The van der Waals surface area contributed by atoms with Crippen LogP contribution in [0.1, 0.15) is 105 Å². The van der Waals surface area contributed by atoms with Crippen LogP contribution in [-0.2, 0) is 19.0 Å². The summed E-state index contributed by atoms with van der Waals surface area (Å²) in [6.07, 6.45) is 12.6. The Morgan fingerprint density at radius 3 is 1.52 bits per heavy atom. The van der Waals surface area contributed by atoms with Crippen LogP contribution in [0.4, 0.5) is 0 Å². The summed E-state index contributed by atoms with van der Waals surface area (Å²) >= 11 is 0. The van der Waals surface area contributed by atoms with Crippen molar-refractivity contribution in [3.63, 3.8) is 0 Å². The molecule has 4 heteroatoms. The van der Waals surface area contributed by atoms with Gasteiger partial charge in [-0.15, -0.1) is 0 Å². The van der Waals surface area contributed by atoms with Gasteiger partial charge in [0.1, 0.15) is 0 Å². The van der Waals surface area contributed by atoms with Crippen molar-refractivity contribution in [2.45, 2.75) is 111 Å². The van der Waals surface area contributed by atoms with E-state index in [-0.39, 0.29) is 12.3 Å². The summed E-state index contributed by atoms with van der Waals surface area (Å²) in [7, 11) is 1.45. The number of esters is 1. The van der Waals surface area contributed by atoms with Crippen LogP contribution in [0.3, 0.4) is 0 Å². The second-order valence-corrected chi connectivity index (χ2v) is 7.80. The van der Waals surface area contributed by atoms with Crippen molar-refractivity contribution < 1.29 is 19.0 Å². The predicted molar refractivity (Wildman–Crippen MR) is 113 cm³/mol. The molecule has 4 nitrogen and oxygen atoms in total. The molecule has 0 aliphatic carbocycles. The van der Waals surface area contributed by atoms with Crippen LogP contribution in [0, 0.1) is 11.8 Å². The molecule has 0 heterocycles. The molecule has 0 radical (unpaired) electrons. The fourth-order valence-electron chi connectivity index (χ4n) is 3.64. The molecule has 0 bridgehead atoms. The molecule has 0 aromatic heterocycles. The number of unbranched alkanes of at least 4 members (excludes halogenated alkanes) is 1. The molecule has 162 valence electrons. The number of carbonyl (C=O) groups excluding carboxylic acids is 1. The molecule has 0 unspecified atom stereocenters. The first-order valence-corrected chi connectivity index (χ1v) is 11.4. The first-order chi connectivity index (χ1) is 13.1. The number of rotatable bonds is 19. The molecule has 0 fully saturated rings. The third-order valence-electron chi connectivity index (χ3n) is 5.12. The standard InChI is InChI=1S/C23H46O4/c1-6-12-20(13-7-2)18-26-23(17-11-10-16-22(24)25-5)27-19-21(14-8-3)15-9-4/h20-21,23H,6-19H2,1-5H3. The Morgan fingerprint density at radius 2 is 1.15 bits per heavy atom. The lowest BCUT2D eigenvalue weighted by atomic mass is 9.99. The number of hydrogen-bond donors (Lipinski definition) is 0. The Bertz CT molecular complexity index is 300. The zero-order valence-corrected chi connectivity index (χ0v) is 18.8. The molecular weight excluding hydrogens is 340 g/mol. The van der Waals surface area contributed by atoms with Crippen LogP contribution >= 0.6 is 0 Å². The van der Waals surface area contributed by atoms with Crippen molar-refractivity contribution >= 4 is 5.97 Å². The molecule has 0 rings (SSSR count). The maximum absolute atomic E-state index is 11.3. The van der Waals surface area contributed by atoms with Crippen LogP contribution < -0.4 is 0 Å². The first kappa shape index (κ1) is 26.4. The summed E-state index contributed by atoms with van der Waals surface area (Å²) in [5, 5.41) is 0. The minimum Gasteiger partial charge on any atom is -0.469 e. The van der Waals surface area contributed by atoms with Crippen LogP contribution in [0.15, 0.2) is 0 Å². The van der Waals surface area contributed by atoms with Crippen molar-refractivity contribution in [3.8, 4) is 0 Å². The van der Waals surface area contributed by atoms with Crippen molar-refractivity contribution in [2.75, 3.05) is 20.3 Å². The van der Waals surface area contributed by atoms with Crippen LogP contribution in [0.5, 0.6) is 0 Å². The third-order valence-corrected chi connectivity index (χ3v) is 5.12. The average molecular weight is 387 g/mol. The highest BCUT2D eigenvalue weighted by atomic mass is 16.7. The Balaban J connectivity index is 4.50. The minimum atomic E-state index is -0.143. The second kappa shape index (κ2) is 18.7. The smallest absolute Gasteiger partial charge is 0.305 e. The molecule has 0 saturated heterocycles. The molecule has 0 atom stereocenters. The van der Waals surface area contributed by atoms with Crippen molar-refractivity contribution in [2.24, 2.45) is 11.8 Å². The Kier molecular flexibility index (Phi) is 18.3. The van der Waals surface area contributed by atoms with E-state index in [4.69, 9.17) is 14.2 Å². The van der Waals surface area contributed by atoms with E-state index in [1.54, 1.807) is 0 Å². The first-order valence-electron chi connectivity index (χ1n) is 11.4. The van der Waals surface area contributed by atoms with E-state index >= 15 is 0 Å². The Labute approximate surface area is 168 Å². The van der Waals surface area contributed by atoms with Gasteiger partial charge in [-0.2, -0.15) is 0 Å². The van der Waals surface area contributed by atoms with Gasteiger partial charge in [0.25, 0.3) is 0 Å². The molecule has 0 amide bonds. The van der Waals surface area contributed by atoms with E-state index in [1.807, 2.05) is 0 Å². The monoisotopic (exact) mass is 386 g/mol. The highest BCUT2D eigenvalue weighted by Gasteiger charge is 2.16. The topological polar surface area (TPSA) is 44.8 Å². The maximum Gasteiger partial charge on any atom is 0.305 e. The fourth-order valence-corrected chi connectivity index (χ4v) is 3.64. The summed E-state index contributed by atoms with van der Waals surface area (Å²) in [6.45, 7) is 10.5. The van der Waals surface area contributed by atoms with Gasteiger partial charge in [0.15, 0.2) is 6.29 Å². The van der Waals surface area contributed by atoms with E-state index in [9.17, 15) is 4.79 Å². The number of methoxy groups -OCH3 is 1. The summed E-state index contributed by atoms with van der Waals surface area (Å²) in [5.41, 5.74) is 0. The largest absolute Gasteiger partial charge is 0.469 e. The van der Waals surface area contributed by atoms with Gasteiger partial charge in [0, 0.05) is 6.42 Å². The lowest BCUT2D eigenvalue weighted by molar-refractivity contribution is -0.163. The zero-order valence-electron chi connectivity index (χ0n) is 18.8. The number of carbonyl (C=O) groups is 1. The van der Waals surface area contributed by atoms with Crippen LogP contribution in [0.2, 0.25) is 0 Å². The molecule has 0 N–H and O–H groups in total. The van der Waals surface area contributed by atoms with Gasteiger partial charge in [-0.1, -0.05) is 53.4 Å². The highest BCUT2D eigenvalue weighted by Crippen LogP contribution is 2.20. The minimum absolute atomic E-state index is 0.134. The Hall–Kier alpha value is -0.610. The molecule has 0 aliphatic rings. The van der Waals surface area contributed by atoms with Gasteiger partial charge in [-0.05, 0) is 56.8 Å². The average Bonchev–Trinajstić information content (AvgIpc) is 2.66. The van der Waals surface area contributed by atoms with Crippen LogP contribution in [0.25, 0.3) is 0 Å². The summed E-state index contributed by atoms with van der Waals surface area (Å²) in [5.74, 6) is 1.12.